The average molecular weight is 408 g/mol. The number of nitrogens with one attached hydrogen (secondary N) is 3. The molecule has 2 amide bonds. The highest BCUT2D eigenvalue weighted by Crippen LogP contribution is 2.30. The van der Waals surface area contributed by atoms with Gasteiger partial charge in [-0.05, 0) is 53.6 Å². The number of hydrogen-bond acceptors (Lipinski definition) is 1. The summed E-state index contributed by atoms with van der Waals surface area (Å²) in [5, 5.41) is 7.39. The molecule has 0 saturated heterocycles. The molecule has 0 fully saturated rings. The minimum Gasteiger partial charge on any atom is -0.361 e. The topological polar surface area (TPSA) is 56.9 Å². The number of anilines is 1. The molecule has 0 radical (unpaired) electrons. The lowest BCUT2D eigenvalue weighted by atomic mass is 9.91. The first kappa shape index (κ1) is 19.0. The third-order valence-electron chi connectivity index (χ3n) is 4.84. The summed E-state index contributed by atoms with van der Waals surface area (Å²) in [7, 11) is 0. The summed E-state index contributed by atoms with van der Waals surface area (Å²) in [4.78, 5) is 15.7. The Kier molecular flexibility index (Phi) is 5.49. The first-order chi connectivity index (χ1) is 14.1. The van der Waals surface area contributed by atoms with Crippen molar-refractivity contribution in [2.24, 2.45) is 0 Å². The van der Waals surface area contributed by atoms with E-state index in [1.807, 2.05) is 30.5 Å². The number of carbonyl (C=O) groups is 1. The molecule has 0 bridgehead atoms. The molecule has 0 spiro atoms. The minimum absolute atomic E-state index is 0.136. The number of carbonyl (C=O) groups excluding carboxylic acids is 1. The fraction of sp³-hybridized carbons (Fsp3) is 0.0870. The minimum atomic E-state index is -0.320. The van der Waals surface area contributed by atoms with Crippen LogP contribution in [-0.4, -0.2) is 17.6 Å². The first-order valence-corrected chi connectivity index (χ1v) is 9.60. The van der Waals surface area contributed by atoms with E-state index in [0.29, 0.717) is 17.3 Å². The fourth-order valence-corrected chi connectivity index (χ4v) is 3.51. The van der Waals surface area contributed by atoms with Crippen molar-refractivity contribution >= 4 is 34.2 Å². The zero-order chi connectivity index (χ0) is 20.2. The van der Waals surface area contributed by atoms with Gasteiger partial charge in [0.25, 0.3) is 0 Å². The molecular formula is C23H19ClFN3O. The van der Waals surface area contributed by atoms with Gasteiger partial charge in [0.2, 0.25) is 0 Å². The molecule has 1 atom stereocenters. The van der Waals surface area contributed by atoms with Crippen molar-refractivity contribution in [1.82, 2.24) is 10.3 Å². The lowest BCUT2D eigenvalue weighted by molar-refractivity contribution is 0.252. The van der Waals surface area contributed by atoms with Gasteiger partial charge in [-0.1, -0.05) is 41.9 Å². The summed E-state index contributed by atoms with van der Waals surface area (Å²) >= 11 is 5.88. The number of aromatic nitrogens is 1. The molecule has 4 nitrogen and oxygen atoms in total. The van der Waals surface area contributed by atoms with Crippen molar-refractivity contribution in [2.75, 3.05) is 11.9 Å². The summed E-state index contributed by atoms with van der Waals surface area (Å²) in [5.41, 5.74) is 3.62. The van der Waals surface area contributed by atoms with Crippen LogP contribution in [0.1, 0.15) is 17.0 Å². The van der Waals surface area contributed by atoms with Crippen molar-refractivity contribution < 1.29 is 9.18 Å². The predicted octanol–water partition coefficient (Wildman–Crippen LogP) is 5.91. The number of aromatic amines is 1. The molecule has 0 aliphatic heterocycles. The third kappa shape index (κ3) is 4.41. The van der Waals surface area contributed by atoms with E-state index >= 15 is 0 Å². The standard InChI is InChI=1S/C23H19ClFN3O/c24-16-7-11-18(12-8-16)28-23(29)27-13-20(15-5-9-17(25)10-6-15)21-14-26-22-4-2-1-3-19(21)22/h1-12,14,20,26H,13H2,(H2,27,28,29). The summed E-state index contributed by atoms with van der Waals surface area (Å²) in [6, 6.07) is 20.9. The molecule has 3 aromatic carbocycles. The average Bonchev–Trinajstić information content (AvgIpc) is 3.15. The van der Waals surface area contributed by atoms with Crippen LogP contribution in [-0.2, 0) is 0 Å². The fourth-order valence-electron chi connectivity index (χ4n) is 3.39. The maximum Gasteiger partial charge on any atom is 0.319 e. The summed E-state index contributed by atoms with van der Waals surface area (Å²) in [6.07, 6.45) is 1.94. The zero-order valence-electron chi connectivity index (χ0n) is 15.5. The van der Waals surface area contributed by atoms with Crippen LogP contribution in [0.15, 0.2) is 79.0 Å². The quantitative estimate of drug-likeness (QED) is 0.378. The van der Waals surface area contributed by atoms with Crippen LogP contribution in [0, 0.1) is 5.82 Å². The second-order valence-corrected chi connectivity index (χ2v) is 7.17. The number of para-hydroxylation sites is 1. The molecule has 29 heavy (non-hydrogen) atoms. The normalized spacial score (nSPS) is 11.9. The van der Waals surface area contributed by atoms with Crippen molar-refractivity contribution in [3.63, 3.8) is 0 Å². The van der Waals surface area contributed by atoms with Gasteiger partial charge in [0, 0.05) is 40.3 Å². The van der Waals surface area contributed by atoms with Crippen molar-refractivity contribution in [3.05, 3.63) is 101 Å². The summed E-state index contributed by atoms with van der Waals surface area (Å²) in [6.45, 7) is 0.354. The smallest absolute Gasteiger partial charge is 0.319 e. The van der Waals surface area contributed by atoms with Crippen molar-refractivity contribution in [1.29, 1.82) is 0 Å². The van der Waals surface area contributed by atoms with Crippen LogP contribution in [0.2, 0.25) is 5.02 Å². The van der Waals surface area contributed by atoms with Gasteiger partial charge < -0.3 is 15.6 Å². The lowest BCUT2D eigenvalue weighted by Crippen LogP contribution is -2.32. The lowest BCUT2D eigenvalue weighted by Gasteiger charge is -2.18. The Bertz CT molecular complexity index is 1120. The van der Waals surface area contributed by atoms with E-state index in [9.17, 15) is 9.18 Å². The van der Waals surface area contributed by atoms with Crippen LogP contribution in [0.4, 0.5) is 14.9 Å². The maximum absolute atomic E-state index is 13.4. The molecule has 4 aromatic rings. The van der Waals surface area contributed by atoms with Gasteiger partial charge in [-0.25, -0.2) is 9.18 Å². The van der Waals surface area contributed by atoms with E-state index in [2.05, 4.69) is 15.6 Å². The molecule has 1 unspecified atom stereocenters. The highest BCUT2D eigenvalue weighted by atomic mass is 35.5. The van der Waals surface area contributed by atoms with Gasteiger partial charge in [-0.2, -0.15) is 0 Å². The molecule has 4 rings (SSSR count). The molecule has 1 aromatic heterocycles. The number of fused-ring (bicyclic) bond motifs is 1. The highest BCUT2D eigenvalue weighted by Gasteiger charge is 2.19. The molecule has 6 heteroatoms. The van der Waals surface area contributed by atoms with E-state index in [0.717, 1.165) is 22.0 Å². The zero-order valence-corrected chi connectivity index (χ0v) is 16.2. The van der Waals surface area contributed by atoms with Crippen LogP contribution < -0.4 is 10.6 Å². The summed E-state index contributed by atoms with van der Waals surface area (Å²) < 4.78 is 13.4. The molecule has 0 saturated carbocycles. The van der Waals surface area contributed by atoms with Crippen LogP contribution in [0.25, 0.3) is 10.9 Å². The van der Waals surface area contributed by atoms with Gasteiger partial charge in [0.15, 0.2) is 0 Å². The second-order valence-electron chi connectivity index (χ2n) is 6.74. The predicted molar refractivity (Wildman–Crippen MR) is 115 cm³/mol. The molecular weight excluding hydrogens is 389 g/mol. The van der Waals surface area contributed by atoms with Gasteiger partial charge in [0.05, 0.1) is 0 Å². The molecule has 1 heterocycles. The molecule has 0 aliphatic carbocycles. The van der Waals surface area contributed by atoms with E-state index < -0.39 is 0 Å². The molecule has 3 N–H and O–H groups in total. The van der Waals surface area contributed by atoms with E-state index in [1.165, 1.54) is 12.1 Å². The Balaban J connectivity index is 1.56. The molecule has 146 valence electrons. The number of amides is 2. The van der Waals surface area contributed by atoms with Crippen LogP contribution in [0.5, 0.6) is 0 Å². The monoisotopic (exact) mass is 407 g/mol. The Morgan fingerprint density at radius 1 is 1.00 bits per heavy atom. The second kappa shape index (κ2) is 8.37. The number of benzene rings is 3. The SMILES string of the molecule is O=C(NCC(c1ccc(F)cc1)c1c[nH]c2ccccc12)Nc1ccc(Cl)cc1. The van der Waals surface area contributed by atoms with E-state index in [4.69, 9.17) is 11.6 Å². The Hall–Kier alpha value is -3.31. The highest BCUT2D eigenvalue weighted by molar-refractivity contribution is 6.30. The van der Waals surface area contributed by atoms with Gasteiger partial charge in [-0.3, -0.25) is 0 Å². The van der Waals surface area contributed by atoms with Crippen molar-refractivity contribution in [2.45, 2.75) is 5.92 Å². The Morgan fingerprint density at radius 2 is 1.72 bits per heavy atom. The third-order valence-corrected chi connectivity index (χ3v) is 5.09. The Morgan fingerprint density at radius 3 is 2.48 bits per heavy atom. The van der Waals surface area contributed by atoms with Crippen molar-refractivity contribution in [3.8, 4) is 0 Å². The van der Waals surface area contributed by atoms with E-state index in [1.54, 1.807) is 36.4 Å². The van der Waals surface area contributed by atoms with Crippen LogP contribution in [0.3, 0.4) is 0 Å². The number of hydrogen-bond donors (Lipinski definition) is 3. The van der Waals surface area contributed by atoms with Gasteiger partial charge in [-0.15, -0.1) is 0 Å². The number of urea groups is 1. The number of halogens is 2. The summed E-state index contributed by atoms with van der Waals surface area (Å²) in [5.74, 6) is -0.428. The first-order valence-electron chi connectivity index (χ1n) is 9.22. The van der Waals surface area contributed by atoms with Gasteiger partial charge in [0.1, 0.15) is 5.82 Å². The van der Waals surface area contributed by atoms with E-state index in [-0.39, 0.29) is 17.8 Å². The van der Waals surface area contributed by atoms with Crippen LogP contribution >= 0.6 is 11.6 Å². The maximum atomic E-state index is 13.4. The largest absolute Gasteiger partial charge is 0.361 e. The molecule has 0 aliphatic rings. The Labute approximate surface area is 172 Å². The number of H-pyrrole nitrogens is 1. The number of rotatable bonds is 5. The van der Waals surface area contributed by atoms with Gasteiger partial charge >= 0.3 is 6.03 Å².